The van der Waals surface area contributed by atoms with Gasteiger partial charge in [-0.1, -0.05) is 29.8 Å². The number of sulfone groups is 1. The Labute approximate surface area is 162 Å². The van der Waals surface area contributed by atoms with E-state index in [9.17, 15) is 13.2 Å². The van der Waals surface area contributed by atoms with Crippen LogP contribution in [0.1, 0.15) is 30.1 Å². The molecule has 0 unspecified atom stereocenters. The number of piperidine rings is 1. The summed E-state index contributed by atoms with van der Waals surface area (Å²) in [7, 11) is -3.61. The molecule has 26 heavy (non-hydrogen) atoms. The zero-order chi connectivity index (χ0) is 18.6. The number of likely N-dealkylation sites (tertiary alicyclic amines) is 1. The molecule has 0 radical (unpaired) electrons. The van der Waals surface area contributed by atoms with Crippen molar-refractivity contribution in [2.75, 3.05) is 19.6 Å². The van der Waals surface area contributed by atoms with Crippen LogP contribution in [0.5, 0.6) is 0 Å². The molecule has 1 saturated heterocycles. The van der Waals surface area contributed by atoms with Gasteiger partial charge in [-0.3, -0.25) is 0 Å². The number of benzene rings is 1. The van der Waals surface area contributed by atoms with Crippen molar-refractivity contribution in [3.05, 3.63) is 52.4 Å². The third-order valence-electron chi connectivity index (χ3n) is 4.47. The number of urea groups is 1. The second kappa shape index (κ2) is 8.41. The quantitative estimate of drug-likeness (QED) is 0.803. The van der Waals surface area contributed by atoms with E-state index in [0.29, 0.717) is 14.8 Å². The van der Waals surface area contributed by atoms with Crippen LogP contribution in [-0.4, -0.2) is 39.0 Å². The van der Waals surface area contributed by atoms with Gasteiger partial charge in [-0.05, 0) is 48.4 Å². The SMILES string of the molecule is O=C(NC[C@@H](c1ccc(Cl)cc1)S(=O)(=O)c1cccs1)N1CCCCC1. The summed E-state index contributed by atoms with van der Waals surface area (Å²) in [6.45, 7) is 1.46. The number of amides is 2. The molecule has 1 aromatic heterocycles. The first-order valence-corrected chi connectivity index (χ1v) is 11.3. The molecule has 8 heteroatoms. The lowest BCUT2D eigenvalue weighted by molar-refractivity contribution is 0.186. The summed E-state index contributed by atoms with van der Waals surface area (Å²) < 4.78 is 26.5. The van der Waals surface area contributed by atoms with E-state index in [1.165, 1.54) is 11.3 Å². The highest BCUT2D eigenvalue weighted by molar-refractivity contribution is 7.93. The monoisotopic (exact) mass is 412 g/mol. The van der Waals surface area contributed by atoms with Gasteiger partial charge in [0.25, 0.3) is 0 Å². The third kappa shape index (κ3) is 4.39. The predicted molar refractivity (Wildman–Crippen MR) is 105 cm³/mol. The van der Waals surface area contributed by atoms with Crippen molar-refractivity contribution in [3.8, 4) is 0 Å². The molecule has 140 valence electrons. The second-order valence-electron chi connectivity index (χ2n) is 6.25. The lowest BCUT2D eigenvalue weighted by atomic mass is 10.1. The fraction of sp³-hybridized carbons (Fsp3) is 0.389. The van der Waals surface area contributed by atoms with E-state index in [0.717, 1.165) is 32.4 Å². The Hall–Kier alpha value is -1.57. The Balaban J connectivity index is 1.81. The van der Waals surface area contributed by atoms with E-state index >= 15 is 0 Å². The van der Waals surface area contributed by atoms with Gasteiger partial charge < -0.3 is 10.2 Å². The van der Waals surface area contributed by atoms with Crippen molar-refractivity contribution in [3.63, 3.8) is 0 Å². The van der Waals surface area contributed by atoms with E-state index in [2.05, 4.69) is 5.32 Å². The van der Waals surface area contributed by atoms with Crippen molar-refractivity contribution >= 4 is 38.8 Å². The van der Waals surface area contributed by atoms with Crippen LogP contribution in [0.25, 0.3) is 0 Å². The van der Waals surface area contributed by atoms with Gasteiger partial charge in [0.1, 0.15) is 9.46 Å². The van der Waals surface area contributed by atoms with Gasteiger partial charge in [0.15, 0.2) is 9.84 Å². The Kier molecular flexibility index (Phi) is 6.21. The summed E-state index contributed by atoms with van der Waals surface area (Å²) >= 11 is 7.12. The molecule has 5 nitrogen and oxygen atoms in total. The third-order valence-corrected chi connectivity index (χ3v) is 8.26. The summed E-state index contributed by atoms with van der Waals surface area (Å²) in [4.78, 5) is 14.2. The Morgan fingerprint density at radius 1 is 1.15 bits per heavy atom. The number of hydrogen-bond donors (Lipinski definition) is 1. The highest BCUT2D eigenvalue weighted by Gasteiger charge is 2.31. The van der Waals surface area contributed by atoms with Crippen LogP contribution in [0.3, 0.4) is 0 Å². The van der Waals surface area contributed by atoms with Gasteiger partial charge in [-0.2, -0.15) is 0 Å². The van der Waals surface area contributed by atoms with Crippen molar-refractivity contribution in [1.29, 1.82) is 0 Å². The zero-order valence-corrected chi connectivity index (χ0v) is 16.6. The molecule has 1 fully saturated rings. The smallest absolute Gasteiger partial charge is 0.317 e. The maximum atomic E-state index is 13.1. The maximum absolute atomic E-state index is 13.1. The standard InChI is InChI=1S/C18H21ClN2O3S2/c19-15-8-6-14(7-9-15)16(26(23,24)17-5-4-12-25-17)13-20-18(22)21-10-2-1-3-11-21/h4-9,12,16H,1-3,10-11,13H2,(H,20,22)/t16-/m0/s1. The van der Waals surface area contributed by atoms with E-state index in [1.807, 2.05) is 0 Å². The van der Waals surface area contributed by atoms with Crippen molar-refractivity contribution in [1.82, 2.24) is 10.2 Å². The first-order valence-electron chi connectivity index (χ1n) is 8.54. The molecule has 1 N–H and O–H groups in total. The molecule has 2 heterocycles. The Morgan fingerprint density at radius 2 is 1.85 bits per heavy atom. The topological polar surface area (TPSA) is 66.5 Å². The number of rotatable bonds is 5. The molecule has 2 amide bonds. The average molecular weight is 413 g/mol. The van der Waals surface area contributed by atoms with Crippen LogP contribution in [-0.2, 0) is 9.84 Å². The number of thiophene rings is 1. The first-order chi connectivity index (χ1) is 12.5. The van der Waals surface area contributed by atoms with Gasteiger partial charge in [0.05, 0.1) is 0 Å². The summed E-state index contributed by atoms with van der Waals surface area (Å²) in [6, 6.07) is 9.83. The number of halogens is 1. The van der Waals surface area contributed by atoms with Crippen LogP contribution in [0.2, 0.25) is 5.02 Å². The maximum Gasteiger partial charge on any atom is 0.317 e. The molecule has 1 aliphatic heterocycles. The van der Waals surface area contributed by atoms with E-state index < -0.39 is 15.1 Å². The van der Waals surface area contributed by atoms with Crippen LogP contribution in [0.15, 0.2) is 46.0 Å². The summed E-state index contributed by atoms with van der Waals surface area (Å²) in [6.07, 6.45) is 3.10. The van der Waals surface area contributed by atoms with E-state index in [4.69, 9.17) is 11.6 Å². The number of carbonyl (C=O) groups excluding carboxylic acids is 1. The lowest BCUT2D eigenvalue weighted by Gasteiger charge is -2.28. The number of carbonyl (C=O) groups is 1. The molecule has 0 saturated carbocycles. The summed E-state index contributed by atoms with van der Waals surface area (Å²) in [5.41, 5.74) is 0.613. The zero-order valence-electron chi connectivity index (χ0n) is 14.2. The molecular weight excluding hydrogens is 392 g/mol. The van der Waals surface area contributed by atoms with Crippen LogP contribution in [0.4, 0.5) is 4.79 Å². The highest BCUT2D eigenvalue weighted by atomic mass is 35.5. The fourth-order valence-electron chi connectivity index (χ4n) is 3.04. The Morgan fingerprint density at radius 3 is 2.46 bits per heavy atom. The van der Waals surface area contributed by atoms with E-state index in [-0.39, 0.29) is 12.6 Å². The first kappa shape index (κ1) is 19.2. The van der Waals surface area contributed by atoms with Gasteiger partial charge in [-0.15, -0.1) is 11.3 Å². The minimum atomic E-state index is -3.61. The fourth-order valence-corrected chi connectivity index (χ4v) is 6.03. The van der Waals surface area contributed by atoms with Gasteiger partial charge >= 0.3 is 6.03 Å². The van der Waals surface area contributed by atoms with E-state index in [1.54, 1.807) is 46.7 Å². The number of hydrogen-bond acceptors (Lipinski definition) is 4. The predicted octanol–water partition coefficient (Wildman–Crippen LogP) is 4.11. The molecule has 1 aromatic carbocycles. The van der Waals surface area contributed by atoms with Gasteiger partial charge in [-0.25, -0.2) is 13.2 Å². The van der Waals surface area contributed by atoms with Crippen molar-refractivity contribution in [2.24, 2.45) is 0 Å². The van der Waals surface area contributed by atoms with Crippen molar-refractivity contribution in [2.45, 2.75) is 28.7 Å². The minimum absolute atomic E-state index is 0.0250. The molecular formula is C18H21ClN2O3S2. The highest BCUT2D eigenvalue weighted by Crippen LogP contribution is 2.31. The van der Waals surface area contributed by atoms with Crippen LogP contribution >= 0.6 is 22.9 Å². The normalized spacial score (nSPS) is 16.3. The molecule has 3 rings (SSSR count). The minimum Gasteiger partial charge on any atom is -0.336 e. The molecule has 1 aliphatic rings. The largest absolute Gasteiger partial charge is 0.336 e. The number of nitrogens with one attached hydrogen (secondary N) is 1. The summed E-state index contributed by atoms with van der Waals surface area (Å²) in [5.74, 6) is 0. The lowest BCUT2D eigenvalue weighted by Crippen LogP contribution is -2.44. The van der Waals surface area contributed by atoms with Crippen molar-refractivity contribution < 1.29 is 13.2 Å². The molecule has 1 atom stereocenters. The van der Waals surface area contributed by atoms with Crippen LogP contribution < -0.4 is 5.32 Å². The number of nitrogens with zero attached hydrogens (tertiary/aromatic N) is 1. The van der Waals surface area contributed by atoms with Crippen LogP contribution in [0, 0.1) is 0 Å². The van der Waals surface area contributed by atoms with Gasteiger partial charge in [0.2, 0.25) is 0 Å². The molecule has 2 aromatic rings. The summed E-state index contributed by atoms with van der Waals surface area (Å²) in [5, 5.41) is 4.23. The molecule has 0 spiro atoms. The van der Waals surface area contributed by atoms with Gasteiger partial charge in [0, 0.05) is 24.7 Å². The average Bonchev–Trinajstić information content (AvgIpc) is 3.19. The second-order valence-corrected chi connectivity index (χ2v) is 9.99. The molecule has 0 bridgehead atoms. The molecule has 0 aliphatic carbocycles. The Bertz CT molecular complexity index is 830.